The van der Waals surface area contributed by atoms with E-state index in [0.29, 0.717) is 42.0 Å². The van der Waals surface area contributed by atoms with Crippen molar-refractivity contribution in [3.05, 3.63) is 83.1 Å². The molecule has 0 spiro atoms. The molecule has 10 heteroatoms. The van der Waals surface area contributed by atoms with Gasteiger partial charge in [-0.3, -0.25) is 14.9 Å². The Morgan fingerprint density at radius 2 is 1.60 bits per heavy atom. The molecule has 0 saturated heterocycles. The molecule has 35 heavy (non-hydrogen) atoms. The van der Waals surface area contributed by atoms with Crippen LogP contribution in [0, 0.1) is 11.6 Å². The lowest BCUT2D eigenvalue weighted by molar-refractivity contribution is -0.124. The number of hydrogen-bond donors (Lipinski definition) is 5. The molecule has 2 aromatic rings. The monoisotopic (exact) mass is 481 g/mol. The average Bonchev–Trinajstić information content (AvgIpc) is 3.11. The molecule has 8 nitrogen and oxygen atoms in total. The van der Waals surface area contributed by atoms with Crippen LogP contribution in [-0.4, -0.2) is 37.0 Å². The van der Waals surface area contributed by atoms with Gasteiger partial charge in [-0.05, 0) is 67.4 Å². The third-order valence-electron chi connectivity index (χ3n) is 6.00. The molecule has 1 unspecified atom stereocenters. The van der Waals surface area contributed by atoms with E-state index in [9.17, 15) is 23.2 Å². The van der Waals surface area contributed by atoms with Gasteiger partial charge < -0.3 is 21.3 Å². The van der Waals surface area contributed by atoms with Gasteiger partial charge in [0.25, 0.3) is 11.8 Å². The highest BCUT2D eigenvalue weighted by Gasteiger charge is 2.44. The zero-order valence-corrected chi connectivity index (χ0v) is 19.0. The van der Waals surface area contributed by atoms with Crippen LogP contribution in [0.5, 0.6) is 0 Å². The van der Waals surface area contributed by atoms with Crippen LogP contribution in [0.2, 0.25) is 0 Å². The normalized spacial score (nSPS) is 19.0. The maximum Gasteiger partial charge on any atom is 0.314 e. The zero-order chi connectivity index (χ0) is 25.0. The van der Waals surface area contributed by atoms with Crippen molar-refractivity contribution in [2.45, 2.75) is 24.8 Å². The largest absolute Gasteiger partial charge is 0.374 e. The van der Waals surface area contributed by atoms with Crippen LogP contribution in [-0.2, 0) is 9.59 Å². The zero-order valence-electron chi connectivity index (χ0n) is 19.0. The van der Waals surface area contributed by atoms with Crippen molar-refractivity contribution in [2.24, 2.45) is 0 Å². The van der Waals surface area contributed by atoms with Crippen LogP contribution in [0.25, 0.3) is 0 Å². The van der Waals surface area contributed by atoms with Crippen molar-refractivity contribution in [3.8, 4) is 0 Å². The van der Waals surface area contributed by atoms with Gasteiger partial charge in [0.15, 0.2) is 0 Å². The van der Waals surface area contributed by atoms with E-state index in [1.54, 1.807) is 30.3 Å². The van der Waals surface area contributed by atoms with E-state index >= 15 is 0 Å². The van der Waals surface area contributed by atoms with Crippen molar-refractivity contribution >= 4 is 29.2 Å². The molecule has 4 rings (SSSR count). The number of carbonyl (C=O) groups is 3. The quantitative estimate of drug-likeness (QED) is 0.294. The predicted molar refractivity (Wildman–Crippen MR) is 127 cm³/mol. The number of urea groups is 1. The first-order valence-electron chi connectivity index (χ1n) is 11.1. The van der Waals surface area contributed by atoms with Crippen molar-refractivity contribution in [1.29, 1.82) is 0 Å². The van der Waals surface area contributed by atoms with E-state index < -0.39 is 29.0 Å². The predicted octanol–water partition coefficient (Wildman–Crippen LogP) is 3.18. The smallest absolute Gasteiger partial charge is 0.314 e. The molecule has 1 atom stereocenters. The van der Waals surface area contributed by atoms with Gasteiger partial charge in [-0.1, -0.05) is 0 Å². The van der Waals surface area contributed by atoms with E-state index in [1.165, 1.54) is 31.3 Å². The van der Waals surface area contributed by atoms with Crippen LogP contribution < -0.4 is 26.6 Å². The Morgan fingerprint density at radius 3 is 2.23 bits per heavy atom. The number of benzene rings is 2. The number of carbonyl (C=O) groups excluding carboxylic acids is 3. The Hall–Kier alpha value is -4.21. The SMILES string of the molecule is CNC(=O)NCCCC1(Nc2ccc(F)cc2)CC2=C(C=C1Nc1ccc(F)cc1)C(=O)NC2=O. The topological polar surface area (TPSA) is 111 Å². The van der Waals surface area contributed by atoms with Crippen molar-refractivity contribution in [2.75, 3.05) is 24.2 Å². The van der Waals surface area contributed by atoms with E-state index in [4.69, 9.17) is 0 Å². The summed E-state index contributed by atoms with van der Waals surface area (Å²) in [5, 5.41) is 14.3. The molecule has 1 aliphatic heterocycles. The summed E-state index contributed by atoms with van der Waals surface area (Å²) in [6, 6.07) is 11.2. The van der Waals surface area contributed by atoms with E-state index in [1.807, 2.05) is 0 Å². The maximum absolute atomic E-state index is 13.6. The molecule has 0 radical (unpaired) electrons. The first-order valence-corrected chi connectivity index (χ1v) is 11.1. The van der Waals surface area contributed by atoms with Gasteiger partial charge in [-0.25, -0.2) is 13.6 Å². The summed E-state index contributed by atoms with van der Waals surface area (Å²) in [7, 11) is 1.52. The third kappa shape index (κ3) is 5.32. The van der Waals surface area contributed by atoms with Crippen LogP contribution in [0.3, 0.4) is 0 Å². The molecule has 1 aliphatic carbocycles. The molecule has 2 aromatic carbocycles. The summed E-state index contributed by atoms with van der Waals surface area (Å²) in [5.41, 5.74) is 1.45. The molecule has 1 heterocycles. The molecular formula is C25H25F2N5O3. The van der Waals surface area contributed by atoms with Crippen LogP contribution in [0.1, 0.15) is 19.3 Å². The minimum atomic E-state index is -0.919. The molecule has 182 valence electrons. The molecule has 0 fully saturated rings. The fourth-order valence-electron chi connectivity index (χ4n) is 4.24. The molecule has 4 amide bonds. The Balaban J connectivity index is 1.72. The van der Waals surface area contributed by atoms with Crippen LogP contribution >= 0.6 is 0 Å². The fourth-order valence-corrected chi connectivity index (χ4v) is 4.24. The van der Waals surface area contributed by atoms with Gasteiger partial charge in [-0.15, -0.1) is 0 Å². The van der Waals surface area contributed by atoms with Crippen LogP contribution in [0.15, 0.2) is 71.5 Å². The lowest BCUT2D eigenvalue weighted by atomic mass is 9.77. The summed E-state index contributed by atoms with van der Waals surface area (Å²) < 4.78 is 27.0. The fraction of sp³-hybridized carbons (Fsp3) is 0.240. The second kappa shape index (κ2) is 9.96. The molecule has 0 aromatic heterocycles. The molecular weight excluding hydrogens is 456 g/mol. The minimum absolute atomic E-state index is 0.164. The number of rotatable bonds is 8. The summed E-state index contributed by atoms with van der Waals surface area (Å²) in [4.78, 5) is 36.6. The van der Waals surface area contributed by atoms with Gasteiger partial charge in [0.05, 0.1) is 11.1 Å². The van der Waals surface area contributed by atoms with Crippen LogP contribution in [0.4, 0.5) is 25.0 Å². The summed E-state index contributed by atoms with van der Waals surface area (Å²) in [5.74, 6) is -1.74. The molecule has 2 aliphatic rings. The molecule has 0 bridgehead atoms. The van der Waals surface area contributed by atoms with Gasteiger partial charge in [-0.2, -0.15) is 0 Å². The lowest BCUT2D eigenvalue weighted by Gasteiger charge is -2.41. The standard InChI is InChI=1S/C25H25F2N5O3/c1-28-24(35)29-12-2-11-25(32-18-9-5-16(27)6-10-18)14-20-19(22(33)31-23(20)34)13-21(25)30-17-7-3-15(26)4-8-17/h3-10,13,30,32H,2,11-12,14H2,1H3,(H2,28,29,35)(H,31,33,34). The number of anilines is 2. The highest BCUT2D eigenvalue weighted by atomic mass is 19.1. The number of imide groups is 1. The highest BCUT2D eigenvalue weighted by Crippen LogP contribution is 2.41. The Kier molecular flexibility index (Phi) is 6.81. The second-order valence-electron chi connectivity index (χ2n) is 8.37. The Bertz CT molecular complexity index is 1210. The Morgan fingerprint density at radius 1 is 0.971 bits per heavy atom. The summed E-state index contributed by atoms with van der Waals surface area (Å²) >= 11 is 0. The lowest BCUT2D eigenvalue weighted by Crippen LogP contribution is -2.46. The molecule has 0 saturated carbocycles. The maximum atomic E-state index is 13.6. The van der Waals surface area contributed by atoms with Crippen molar-refractivity contribution < 1.29 is 23.2 Å². The minimum Gasteiger partial charge on any atom is -0.374 e. The number of hydrogen-bond acceptors (Lipinski definition) is 5. The number of amides is 4. The summed E-state index contributed by atoms with van der Waals surface area (Å²) in [6.45, 7) is 0.355. The summed E-state index contributed by atoms with van der Waals surface area (Å²) in [6.07, 6.45) is 2.73. The van der Waals surface area contributed by atoms with E-state index in [-0.39, 0.29) is 18.0 Å². The second-order valence-corrected chi connectivity index (χ2v) is 8.37. The van der Waals surface area contributed by atoms with Gasteiger partial charge in [0, 0.05) is 42.7 Å². The number of nitrogens with one attached hydrogen (secondary N) is 5. The van der Waals surface area contributed by atoms with Gasteiger partial charge in [0.2, 0.25) is 0 Å². The van der Waals surface area contributed by atoms with Gasteiger partial charge in [0.1, 0.15) is 11.6 Å². The highest BCUT2D eigenvalue weighted by molar-refractivity contribution is 6.21. The van der Waals surface area contributed by atoms with Crippen molar-refractivity contribution in [3.63, 3.8) is 0 Å². The third-order valence-corrected chi connectivity index (χ3v) is 6.00. The Labute approximate surface area is 200 Å². The number of halogens is 2. The first kappa shape index (κ1) is 23.9. The van der Waals surface area contributed by atoms with Gasteiger partial charge >= 0.3 is 6.03 Å². The average molecular weight is 482 g/mol. The molecule has 5 N–H and O–H groups in total. The first-order chi connectivity index (χ1) is 16.8. The van der Waals surface area contributed by atoms with E-state index in [0.717, 1.165) is 0 Å². The van der Waals surface area contributed by atoms with E-state index in [2.05, 4.69) is 26.6 Å². The van der Waals surface area contributed by atoms with Crippen molar-refractivity contribution in [1.82, 2.24) is 16.0 Å².